The molecule has 0 aromatic heterocycles. The quantitative estimate of drug-likeness (QED) is 0.647. The van der Waals surface area contributed by atoms with Gasteiger partial charge in [0.1, 0.15) is 0 Å². The van der Waals surface area contributed by atoms with Crippen molar-refractivity contribution >= 4 is 0 Å². The summed E-state index contributed by atoms with van der Waals surface area (Å²) in [7, 11) is 0. The van der Waals surface area contributed by atoms with E-state index in [2.05, 4.69) is 53.2 Å². The van der Waals surface area contributed by atoms with Crippen LogP contribution in [-0.2, 0) is 6.54 Å². The zero-order valence-corrected chi connectivity index (χ0v) is 20.0. The second-order valence-electron chi connectivity index (χ2n) is 10.8. The highest BCUT2D eigenvalue weighted by Crippen LogP contribution is 2.52. The summed E-state index contributed by atoms with van der Waals surface area (Å²) in [5.74, 6) is -1.06. The average molecular weight is 454 g/mol. The highest BCUT2D eigenvalue weighted by molar-refractivity contribution is 5.33. The SMILES string of the molecule is CC(C)c1ccccc1[C@@H]1CN(Cc2ccc(F)c(F)c2)CCN1C1CC2(CCNCC2)C1. The largest absolute Gasteiger partial charge is 0.317 e. The third-order valence-corrected chi connectivity index (χ3v) is 8.34. The highest BCUT2D eigenvalue weighted by atomic mass is 19.2. The van der Waals surface area contributed by atoms with Crippen LogP contribution in [0, 0.1) is 17.0 Å². The van der Waals surface area contributed by atoms with Crippen LogP contribution in [-0.4, -0.2) is 48.6 Å². The van der Waals surface area contributed by atoms with Gasteiger partial charge in [-0.1, -0.05) is 44.2 Å². The van der Waals surface area contributed by atoms with Crippen molar-refractivity contribution in [2.24, 2.45) is 5.41 Å². The van der Waals surface area contributed by atoms with Crippen LogP contribution in [0.4, 0.5) is 8.78 Å². The molecule has 3 fully saturated rings. The summed E-state index contributed by atoms with van der Waals surface area (Å²) in [5, 5.41) is 3.52. The Morgan fingerprint density at radius 2 is 1.76 bits per heavy atom. The molecular weight excluding hydrogens is 416 g/mol. The predicted octanol–water partition coefficient (Wildman–Crippen LogP) is 5.48. The first kappa shape index (κ1) is 22.9. The Balaban J connectivity index is 1.37. The standard InChI is InChI=1S/C28H37F2N3/c1-20(2)23-5-3-4-6-24(23)27-19-32(18-21-7-8-25(29)26(30)15-21)13-14-33(27)22-16-28(17-22)9-11-31-12-10-28/h3-8,15,20,22,27,31H,9-14,16-19H2,1-2H3/t27-/m0/s1. The molecule has 1 aliphatic carbocycles. The number of hydrogen-bond acceptors (Lipinski definition) is 3. The Morgan fingerprint density at radius 1 is 1.00 bits per heavy atom. The van der Waals surface area contributed by atoms with E-state index in [1.54, 1.807) is 6.07 Å². The van der Waals surface area contributed by atoms with Gasteiger partial charge in [-0.25, -0.2) is 8.78 Å². The van der Waals surface area contributed by atoms with Crippen molar-refractivity contribution in [2.45, 2.75) is 64.1 Å². The van der Waals surface area contributed by atoms with Gasteiger partial charge < -0.3 is 5.32 Å². The minimum absolute atomic E-state index is 0.340. The van der Waals surface area contributed by atoms with Crippen molar-refractivity contribution in [3.63, 3.8) is 0 Å². The molecule has 0 bridgehead atoms. The summed E-state index contributed by atoms with van der Waals surface area (Å²) in [6, 6.07) is 14.2. The van der Waals surface area contributed by atoms with Gasteiger partial charge in [0.25, 0.3) is 0 Å². The molecular formula is C28H37F2N3. The van der Waals surface area contributed by atoms with Crippen molar-refractivity contribution in [1.82, 2.24) is 15.1 Å². The monoisotopic (exact) mass is 453 g/mol. The van der Waals surface area contributed by atoms with E-state index in [1.807, 2.05) is 0 Å². The Bertz CT molecular complexity index is 961. The lowest BCUT2D eigenvalue weighted by molar-refractivity contribution is -0.0650. The first-order valence-corrected chi connectivity index (χ1v) is 12.7. The van der Waals surface area contributed by atoms with Gasteiger partial charge in [0.15, 0.2) is 11.6 Å². The fraction of sp³-hybridized carbons (Fsp3) is 0.571. The van der Waals surface area contributed by atoms with E-state index in [0.717, 1.165) is 38.3 Å². The molecule has 2 heterocycles. The zero-order chi connectivity index (χ0) is 23.0. The molecule has 0 amide bonds. The van der Waals surface area contributed by atoms with E-state index >= 15 is 0 Å². The third-order valence-electron chi connectivity index (χ3n) is 8.34. The molecule has 2 aromatic carbocycles. The highest BCUT2D eigenvalue weighted by Gasteiger charge is 2.49. The smallest absolute Gasteiger partial charge is 0.159 e. The molecule has 3 nitrogen and oxygen atoms in total. The van der Waals surface area contributed by atoms with Crippen molar-refractivity contribution in [3.8, 4) is 0 Å². The number of piperidine rings is 1. The molecule has 33 heavy (non-hydrogen) atoms. The van der Waals surface area contributed by atoms with Crippen LogP contribution < -0.4 is 5.32 Å². The van der Waals surface area contributed by atoms with Gasteiger partial charge in [0.2, 0.25) is 0 Å². The number of hydrogen-bond donors (Lipinski definition) is 1. The molecule has 2 aromatic rings. The maximum absolute atomic E-state index is 13.8. The van der Waals surface area contributed by atoms with Gasteiger partial charge in [-0.3, -0.25) is 9.80 Å². The lowest BCUT2D eigenvalue weighted by Crippen LogP contribution is -2.59. The van der Waals surface area contributed by atoms with Crippen molar-refractivity contribution in [2.75, 3.05) is 32.7 Å². The maximum Gasteiger partial charge on any atom is 0.159 e. The Morgan fingerprint density at radius 3 is 2.48 bits per heavy atom. The molecule has 0 unspecified atom stereocenters. The zero-order valence-electron chi connectivity index (χ0n) is 20.0. The van der Waals surface area contributed by atoms with Crippen LogP contribution >= 0.6 is 0 Å². The number of halogens is 2. The van der Waals surface area contributed by atoms with Crippen LogP contribution in [0.5, 0.6) is 0 Å². The number of nitrogens with zero attached hydrogens (tertiary/aromatic N) is 2. The first-order valence-electron chi connectivity index (χ1n) is 12.7. The fourth-order valence-electron chi connectivity index (χ4n) is 6.49. The van der Waals surface area contributed by atoms with Gasteiger partial charge in [-0.2, -0.15) is 0 Å². The van der Waals surface area contributed by atoms with Crippen molar-refractivity contribution in [3.05, 3.63) is 70.8 Å². The van der Waals surface area contributed by atoms with E-state index in [1.165, 1.54) is 48.9 Å². The van der Waals surface area contributed by atoms with Gasteiger partial charge in [-0.15, -0.1) is 0 Å². The van der Waals surface area contributed by atoms with Crippen LogP contribution in [0.3, 0.4) is 0 Å². The molecule has 178 valence electrons. The maximum atomic E-state index is 13.8. The van der Waals surface area contributed by atoms with E-state index in [4.69, 9.17) is 0 Å². The molecule has 5 rings (SSSR count). The second-order valence-corrected chi connectivity index (χ2v) is 10.8. The summed E-state index contributed by atoms with van der Waals surface area (Å²) in [6.45, 7) is 10.4. The van der Waals surface area contributed by atoms with Crippen molar-refractivity contribution in [1.29, 1.82) is 0 Å². The molecule has 0 radical (unpaired) electrons. The van der Waals surface area contributed by atoms with Crippen LogP contribution in [0.25, 0.3) is 0 Å². The Hall–Kier alpha value is -1.82. The number of benzene rings is 2. The minimum atomic E-state index is -0.774. The molecule has 5 heteroatoms. The van der Waals surface area contributed by atoms with Gasteiger partial charge in [0, 0.05) is 38.3 Å². The fourth-order valence-corrected chi connectivity index (χ4v) is 6.49. The number of nitrogens with one attached hydrogen (secondary N) is 1. The summed E-state index contributed by atoms with van der Waals surface area (Å²) < 4.78 is 27.2. The average Bonchev–Trinajstić information content (AvgIpc) is 2.80. The molecule has 3 aliphatic rings. The lowest BCUT2D eigenvalue weighted by Gasteiger charge is -2.57. The second kappa shape index (κ2) is 9.44. The van der Waals surface area contributed by atoms with E-state index in [0.29, 0.717) is 30.0 Å². The molecule has 2 aliphatic heterocycles. The topological polar surface area (TPSA) is 18.5 Å². The van der Waals surface area contributed by atoms with Gasteiger partial charge >= 0.3 is 0 Å². The molecule has 2 saturated heterocycles. The Labute approximate surface area is 197 Å². The molecule has 1 spiro atoms. The summed E-state index contributed by atoms with van der Waals surface area (Å²) in [6.07, 6.45) is 5.26. The van der Waals surface area contributed by atoms with Crippen LogP contribution in [0.2, 0.25) is 0 Å². The minimum Gasteiger partial charge on any atom is -0.317 e. The van der Waals surface area contributed by atoms with Crippen molar-refractivity contribution < 1.29 is 8.78 Å². The molecule has 1 atom stereocenters. The predicted molar refractivity (Wildman–Crippen MR) is 129 cm³/mol. The van der Waals surface area contributed by atoms with E-state index in [-0.39, 0.29) is 0 Å². The van der Waals surface area contributed by atoms with E-state index < -0.39 is 11.6 Å². The van der Waals surface area contributed by atoms with Crippen LogP contribution in [0.1, 0.15) is 68.2 Å². The number of piperazine rings is 1. The van der Waals surface area contributed by atoms with Crippen LogP contribution in [0.15, 0.2) is 42.5 Å². The molecule has 1 saturated carbocycles. The van der Waals surface area contributed by atoms with E-state index in [9.17, 15) is 8.78 Å². The molecule has 1 N–H and O–H groups in total. The summed E-state index contributed by atoms with van der Waals surface area (Å²) >= 11 is 0. The van der Waals surface area contributed by atoms with Gasteiger partial charge in [-0.05, 0) is 78.9 Å². The summed E-state index contributed by atoms with van der Waals surface area (Å²) in [4.78, 5) is 5.19. The first-order chi connectivity index (χ1) is 15.9. The normalized spacial score (nSPS) is 24.3. The Kier molecular flexibility index (Phi) is 6.56. The van der Waals surface area contributed by atoms with Gasteiger partial charge in [0.05, 0.1) is 0 Å². The lowest BCUT2D eigenvalue weighted by atomic mass is 9.60. The third kappa shape index (κ3) is 4.73. The summed E-state index contributed by atoms with van der Waals surface area (Å²) in [5.41, 5.74) is 4.27. The number of rotatable bonds is 5.